The van der Waals surface area contributed by atoms with Crippen molar-refractivity contribution in [2.75, 3.05) is 13.2 Å². The van der Waals surface area contributed by atoms with Crippen LogP contribution in [-0.2, 0) is 42.3 Å². The van der Waals surface area contributed by atoms with Gasteiger partial charge in [0.2, 0.25) is 0 Å². The van der Waals surface area contributed by atoms with Crippen LogP contribution in [-0.4, -0.2) is 50.4 Å². The van der Waals surface area contributed by atoms with Crippen molar-refractivity contribution in [3.63, 3.8) is 0 Å². The lowest BCUT2D eigenvalue weighted by atomic mass is 9.84. The molecule has 0 amide bonds. The van der Waals surface area contributed by atoms with Crippen LogP contribution in [0.5, 0.6) is 34.5 Å². The number of esters is 3. The quantitative estimate of drug-likeness (QED) is 0.0150. The second-order valence-corrected chi connectivity index (χ2v) is 28.8. The van der Waals surface area contributed by atoms with Crippen LogP contribution >= 0.6 is 0 Å². The van der Waals surface area contributed by atoms with Crippen molar-refractivity contribution in [3.8, 4) is 34.5 Å². The number of benzene rings is 9. The van der Waals surface area contributed by atoms with Gasteiger partial charge in [-0.2, -0.15) is 8.42 Å². The van der Waals surface area contributed by atoms with Gasteiger partial charge in [0.15, 0.2) is 13.2 Å². The summed E-state index contributed by atoms with van der Waals surface area (Å²) in [5.74, 6) is 2.87. The number of ether oxygens (including phenoxy) is 5. The molecule has 12 aromatic rings. The van der Waals surface area contributed by atoms with Crippen molar-refractivity contribution in [2.45, 2.75) is 135 Å². The Morgan fingerprint density at radius 3 is 1.29 bits per heavy atom. The molecule has 19 nitrogen and oxygen atoms in total. The first-order valence-corrected chi connectivity index (χ1v) is 38.1. The Hall–Kier alpha value is -12.3. The first-order chi connectivity index (χ1) is 53.4. The number of Topliss-reactive ketones (excluding diaryl/α,β-unsaturated/α-hetero) is 1. The van der Waals surface area contributed by atoms with Crippen molar-refractivity contribution in [1.82, 2.24) is 0 Å². The lowest BCUT2D eigenvalue weighted by Crippen LogP contribution is -2.17. The van der Waals surface area contributed by atoms with E-state index in [2.05, 4.69) is 65.8 Å². The highest BCUT2D eigenvalue weighted by Gasteiger charge is 2.22. The van der Waals surface area contributed by atoms with E-state index in [-0.39, 0.29) is 42.2 Å². The molecule has 0 spiro atoms. The van der Waals surface area contributed by atoms with Gasteiger partial charge in [-0.15, -0.1) is 0 Å². The van der Waals surface area contributed by atoms with Crippen molar-refractivity contribution >= 4 is 72.8 Å². The largest absolute Gasteiger partial charge is 0.482 e. The minimum Gasteiger partial charge on any atom is -0.482 e. The molecule has 0 aliphatic rings. The molecule has 0 saturated heterocycles. The molecule has 5 unspecified atom stereocenters. The smallest absolute Gasteiger partial charge is 0.349 e. The fourth-order valence-electron chi connectivity index (χ4n) is 12.6. The standard InChI is InChI=1S/C40H38O8.C32H32O6.C19H18O5S/c1-4-28(30-9-15-34(16-10-30)46-38(42)19-11-31-21-26(2)5-6-33(31)24-41)22-27(3)29-7-13-35(14-8-29)47-40(44)25-45-36-17-18-37-32(23-36)12-20-39(43)48-37;1-4-24(26-7-5-23(6-8-26)18-22(3)33)17-21(2)25-9-12-28(13-10-25)37-32(35)20-36-29-14-15-30-27(19-29)11-16-31(34)38-30;1-3-13(2)14-4-7-16(8-5-14)24-25(21,22)17-9-10-18-15(12-17)6-11-19(20)23-18/h5-21,23,27-28,41H,4,22,24-25H2,1-3H3;5-16,19,21,24H,4,17-18,20H2,1-3H3;4-13H,3H2,1-2H3/b19-11+;;. The van der Waals surface area contributed by atoms with E-state index >= 15 is 0 Å². The predicted octanol–water partition coefficient (Wildman–Crippen LogP) is 18.6. The normalized spacial score (nSPS) is 12.6. The number of aliphatic hydroxyl groups is 1. The van der Waals surface area contributed by atoms with Gasteiger partial charge in [0.05, 0.1) is 6.61 Å². The zero-order chi connectivity index (χ0) is 79.1. The minimum absolute atomic E-state index is 0.000137. The van der Waals surface area contributed by atoms with Gasteiger partial charge in [0.1, 0.15) is 61.9 Å². The maximum absolute atomic E-state index is 12.5. The summed E-state index contributed by atoms with van der Waals surface area (Å²) in [5, 5.41) is 11.5. The van der Waals surface area contributed by atoms with Crippen LogP contribution in [0.4, 0.5) is 0 Å². The van der Waals surface area contributed by atoms with E-state index in [0.29, 0.717) is 91.7 Å². The molecule has 3 heterocycles. The Morgan fingerprint density at radius 2 is 0.847 bits per heavy atom. The molecule has 12 rings (SSSR count). The predicted molar refractivity (Wildman–Crippen MR) is 427 cm³/mol. The van der Waals surface area contributed by atoms with Crippen LogP contribution in [0, 0.1) is 6.92 Å². The molecule has 572 valence electrons. The highest BCUT2D eigenvalue weighted by atomic mass is 32.2. The number of aliphatic hydroxyl groups excluding tert-OH is 1. The maximum atomic E-state index is 12.5. The van der Waals surface area contributed by atoms with Crippen molar-refractivity contribution < 1.29 is 73.8 Å². The second kappa shape index (κ2) is 38.7. The van der Waals surface area contributed by atoms with Crippen LogP contribution in [0.3, 0.4) is 0 Å². The van der Waals surface area contributed by atoms with Gasteiger partial charge in [0, 0.05) is 46.9 Å². The minimum atomic E-state index is -3.97. The van der Waals surface area contributed by atoms with Gasteiger partial charge >= 0.3 is 44.9 Å². The van der Waals surface area contributed by atoms with Gasteiger partial charge in [0.25, 0.3) is 0 Å². The fourth-order valence-corrected chi connectivity index (χ4v) is 13.6. The van der Waals surface area contributed by atoms with Crippen LogP contribution in [0.15, 0.2) is 269 Å². The number of aryl methyl sites for hydroxylation is 1. The first-order valence-electron chi connectivity index (χ1n) is 36.7. The summed E-state index contributed by atoms with van der Waals surface area (Å²) in [6.07, 6.45) is 8.37. The molecule has 1 N–H and O–H groups in total. The summed E-state index contributed by atoms with van der Waals surface area (Å²) in [4.78, 5) is 82.4. The van der Waals surface area contributed by atoms with E-state index in [4.69, 9.17) is 41.1 Å². The number of fused-ring (bicyclic) bond motifs is 3. The average molecular weight is 1520 g/mol. The number of carbonyl (C=O) groups excluding carboxylic acids is 4. The third-order valence-electron chi connectivity index (χ3n) is 19.0. The molecule has 20 heteroatoms. The zero-order valence-corrected chi connectivity index (χ0v) is 63.9. The van der Waals surface area contributed by atoms with Crippen molar-refractivity contribution in [2.24, 2.45) is 0 Å². The molecule has 111 heavy (non-hydrogen) atoms. The van der Waals surface area contributed by atoms with E-state index in [1.165, 1.54) is 59.7 Å². The lowest BCUT2D eigenvalue weighted by molar-refractivity contribution is -0.137. The third-order valence-corrected chi connectivity index (χ3v) is 20.3. The summed E-state index contributed by atoms with van der Waals surface area (Å²) < 4.78 is 72.9. The SMILES string of the molecule is CCC(C)c1ccc(OS(=O)(=O)c2ccc3oc(=O)ccc3c2)cc1.CCC(CC(C)c1ccc(OC(=O)COc2ccc3oc(=O)ccc3c2)cc1)c1ccc(CC(C)=O)cc1.CCC(CC(C)c1ccc(OC(=O)COc2ccc3oc(=O)ccc3c2)cc1)c1ccc(OC(=O)/C=C/c2cc(C)ccc2CO)cc1. The summed E-state index contributed by atoms with van der Waals surface area (Å²) in [6.45, 7) is 15.9. The number of hydrogen-bond donors (Lipinski definition) is 1. The van der Waals surface area contributed by atoms with Crippen molar-refractivity contribution in [3.05, 3.63) is 318 Å². The molecule has 0 saturated carbocycles. The molecule has 3 aromatic heterocycles. The van der Waals surface area contributed by atoms with E-state index in [0.717, 1.165) is 71.0 Å². The molecule has 0 aliphatic carbocycles. The van der Waals surface area contributed by atoms with Gasteiger partial charge in [-0.05, 0) is 247 Å². The fraction of sp³-hybridized carbons (Fsp3) is 0.242. The van der Waals surface area contributed by atoms with Crippen LogP contribution in [0.2, 0.25) is 0 Å². The Bertz CT molecular complexity index is 5530. The van der Waals surface area contributed by atoms with Crippen LogP contribution < -0.4 is 44.7 Å². The van der Waals surface area contributed by atoms with Gasteiger partial charge < -0.3 is 46.2 Å². The number of ketones is 1. The van der Waals surface area contributed by atoms with E-state index in [1.54, 1.807) is 97.9 Å². The summed E-state index contributed by atoms with van der Waals surface area (Å²) >= 11 is 0. The van der Waals surface area contributed by atoms with Crippen molar-refractivity contribution in [1.29, 1.82) is 0 Å². The Kier molecular flexibility index (Phi) is 28.3. The van der Waals surface area contributed by atoms with Crippen LogP contribution in [0.25, 0.3) is 39.0 Å². The van der Waals surface area contributed by atoms with E-state index < -0.39 is 44.9 Å². The number of rotatable bonds is 29. The monoisotopic (exact) mass is 1520 g/mol. The highest BCUT2D eigenvalue weighted by molar-refractivity contribution is 7.87. The van der Waals surface area contributed by atoms with Gasteiger partial charge in [-0.3, -0.25) is 4.79 Å². The molecular formula is C91H88O19S. The summed E-state index contributed by atoms with van der Waals surface area (Å²) in [5.41, 5.74) is 9.37. The topological polar surface area (TPSA) is 269 Å². The Balaban J connectivity index is 0.000000186. The van der Waals surface area contributed by atoms with E-state index in [9.17, 15) is 47.1 Å². The Labute approximate surface area is 643 Å². The second-order valence-electron chi connectivity index (χ2n) is 27.2. The molecule has 9 aromatic carbocycles. The van der Waals surface area contributed by atoms with E-state index in [1.807, 2.05) is 85.8 Å². The number of hydrogen-bond acceptors (Lipinski definition) is 19. The average Bonchev–Trinajstić information content (AvgIpc) is 0.799. The molecule has 5 atom stereocenters. The number of carbonyl (C=O) groups is 4. The summed E-state index contributed by atoms with van der Waals surface area (Å²) in [7, 11) is -3.97. The maximum Gasteiger partial charge on any atom is 0.349 e. The Morgan fingerprint density at radius 1 is 0.441 bits per heavy atom. The van der Waals surface area contributed by atoms with Crippen LogP contribution in [0.1, 0.15) is 160 Å². The molecule has 0 fully saturated rings. The molecule has 0 bridgehead atoms. The van der Waals surface area contributed by atoms with Gasteiger partial charge in [-0.25, -0.2) is 28.8 Å². The summed E-state index contributed by atoms with van der Waals surface area (Å²) in [6, 6.07) is 66.6. The lowest BCUT2D eigenvalue weighted by Gasteiger charge is -2.21. The molecular weight excluding hydrogens is 1430 g/mol. The zero-order valence-electron chi connectivity index (χ0n) is 63.0. The highest BCUT2D eigenvalue weighted by Crippen LogP contribution is 2.36. The molecule has 0 aliphatic heterocycles. The first kappa shape index (κ1) is 81.3. The molecule has 0 radical (unpaired) electrons. The third kappa shape index (κ3) is 23.6. The van der Waals surface area contributed by atoms with Gasteiger partial charge in [-0.1, -0.05) is 138 Å².